The molecule has 1 N–H and O–H groups in total. The van der Waals surface area contributed by atoms with E-state index in [9.17, 15) is 4.79 Å². The molecule has 0 aromatic heterocycles. The van der Waals surface area contributed by atoms with Crippen LogP contribution < -0.4 is 5.32 Å². The summed E-state index contributed by atoms with van der Waals surface area (Å²) in [5, 5.41) is 2.90. The molecule has 2 saturated heterocycles. The maximum atomic E-state index is 11.7. The number of carbonyl (C=O) groups excluding carboxylic acids is 1. The molecule has 5 heteroatoms. The van der Waals surface area contributed by atoms with E-state index in [-0.39, 0.29) is 11.6 Å². The predicted octanol–water partition coefficient (Wildman–Crippen LogP) is 1.07. The number of hydrogen-bond acceptors (Lipinski definition) is 4. The number of rotatable bonds is 2. The van der Waals surface area contributed by atoms with Crippen molar-refractivity contribution < 1.29 is 19.0 Å². The van der Waals surface area contributed by atoms with E-state index in [1.165, 1.54) is 0 Å². The number of amides is 1. The third-order valence-electron chi connectivity index (χ3n) is 2.75. The highest BCUT2D eigenvalue weighted by atomic mass is 16.6. The molecule has 2 aliphatic rings. The Balaban J connectivity index is 1.93. The second-order valence-electron chi connectivity index (χ2n) is 5.41. The quantitative estimate of drug-likeness (QED) is 0.719. The van der Waals surface area contributed by atoms with Crippen molar-refractivity contribution in [3.8, 4) is 0 Å². The van der Waals surface area contributed by atoms with Gasteiger partial charge in [-0.15, -0.1) is 0 Å². The van der Waals surface area contributed by atoms with E-state index in [0.717, 1.165) is 6.42 Å². The van der Waals surface area contributed by atoms with Gasteiger partial charge in [0.1, 0.15) is 11.7 Å². The third-order valence-corrected chi connectivity index (χ3v) is 2.75. The van der Waals surface area contributed by atoms with Crippen LogP contribution in [0.3, 0.4) is 0 Å². The van der Waals surface area contributed by atoms with E-state index in [0.29, 0.717) is 19.8 Å². The van der Waals surface area contributed by atoms with Crippen molar-refractivity contribution >= 4 is 6.09 Å². The summed E-state index contributed by atoms with van der Waals surface area (Å²) in [6.07, 6.45) is 0.479. The van der Waals surface area contributed by atoms with Gasteiger partial charge in [-0.25, -0.2) is 4.79 Å². The number of hydrogen-bond donors (Lipinski definition) is 1. The molecule has 0 aromatic carbocycles. The summed E-state index contributed by atoms with van der Waals surface area (Å²) in [6, 6.07) is 0. The maximum absolute atomic E-state index is 11.7. The Morgan fingerprint density at radius 2 is 2.19 bits per heavy atom. The number of carbonyl (C=O) groups is 1. The first-order chi connectivity index (χ1) is 7.41. The Labute approximate surface area is 95.4 Å². The van der Waals surface area contributed by atoms with E-state index in [4.69, 9.17) is 14.2 Å². The molecule has 0 aliphatic carbocycles. The lowest BCUT2D eigenvalue weighted by atomic mass is 9.95. The van der Waals surface area contributed by atoms with Gasteiger partial charge in [0.2, 0.25) is 0 Å². The topological polar surface area (TPSA) is 60.1 Å². The molecule has 16 heavy (non-hydrogen) atoms. The van der Waals surface area contributed by atoms with Gasteiger partial charge in [0.25, 0.3) is 0 Å². The Morgan fingerprint density at radius 1 is 1.50 bits per heavy atom. The zero-order valence-electron chi connectivity index (χ0n) is 10.0. The van der Waals surface area contributed by atoms with Crippen LogP contribution in [-0.4, -0.2) is 43.2 Å². The number of nitrogens with one attached hydrogen (secondary N) is 1. The van der Waals surface area contributed by atoms with E-state index in [1.54, 1.807) is 0 Å². The first-order valence-corrected chi connectivity index (χ1v) is 5.62. The third kappa shape index (κ3) is 2.65. The lowest BCUT2D eigenvalue weighted by Crippen LogP contribution is -2.54. The minimum atomic E-state index is -0.477. The molecule has 2 aliphatic heterocycles. The Bertz CT molecular complexity index is 274. The van der Waals surface area contributed by atoms with Crippen LogP contribution in [0.25, 0.3) is 0 Å². The molecule has 1 unspecified atom stereocenters. The normalized spacial score (nSPS) is 33.6. The van der Waals surface area contributed by atoms with Crippen molar-refractivity contribution in [1.82, 2.24) is 5.32 Å². The molecule has 2 atom stereocenters. The number of epoxide rings is 1. The number of ether oxygens (including phenoxy) is 3. The summed E-state index contributed by atoms with van der Waals surface area (Å²) in [4.78, 5) is 11.7. The standard InChI is InChI=1S/C11H19NO4/c1-10(2,3)16-9(13)12-11(8-6-15-8)4-5-14-7-11/h8H,4-7H2,1-3H3,(H,12,13)/t8-,11?/m1/s1. The molecule has 0 spiro atoms. The van der Waals surface area contributed by atoms with Gasteiger partial charge in [0, 0.05) is 6.61 Å². The minimum Gasteiger partial charge on any atom is -0.444 e. The van der Waals surface area contributed by atoms with Gasteiger partial charge in [-0.3, -0.25) is 0 Å². The lowest BCUT2D eigenvalue weighted by molar-refractivity contribution is 0.0414. The molecule has 1 amide bonds. The summed E-state index contributed by atoms with van der Waals surface area (Å²) in [7, 11) is 0. The Morgan fingerprint density at radius 3 is 2.62 bits per heavy atom. The van der Waals surface area contributed by atoms with Crippen LogP contribution in [-0.2, 0) is 14.2 Å². The fourth-order valence-electron chi connectivity index (χ4n) is 1.89. The SMILES string of the molecule is CC(C)(C)OC(=O)NC1([C@H]2CO2)CCOC1. The van der Waals surface area contributed by atoms with Crippen molar-refractivity contribution in [2.75, 3.05) is 19.8 Å². The van der Waals surface area contributed by atoms with Gasteiger partial charge in [0.15, 0.2) is 0 Å². The maximum Gasteiger partial charge on any atom is 0.408 e. The van der Waals surface area contributed by atoms with Crippen LogP contribution in [0.4, 0.5) is 4.79 Å². The summed E-state index contributed by atoms with van der Waals surface area (Å²) in [6.45, 7) is 7.40. The second kappa shape index (κ2) is 3.89. The Hall–Kier alpha value is -0.810. The summed E-state index contributed by atoms with van der Waals surface area (Å²) in [5.41, 5.74) is -0.850. The predicted molar refractivity (Wildman–Crippen MR) is 57.3 cm³/mol. The Kier molecular flexibility index (Phi) is 2.84. The van der Waals surface area contributed by atoms with Crippen LogP contribution in [0.2, 0.25) is 0 Å². The highest BCUT2D eigenvalue weighted by molar-refractivity contribution is 5.69. The zero-order chi connectivity index (χ0) is 11.8. The molecule has 0 bridgehead atoms. The molecule has 0 saturated carbocycles. The molecule has 2 rings (SSSR count). The molecule has 92 valence electrons. The fraction of sp³-hybridized carbons (Fsp3) is 0.909. The second-order valence-corrected chi connectivity index (χ2v) is 5.41. The van der Waals surface area contributed by atoms with Crippen LogP contribution in [0.5, 0.6) is 0 Å². The summed E-state index contributed by atoms with van der Waals surface area (Å²) >= 11 is 0. The van der Waals surface area contributed by atoms with Gasteiger partial charge in [0.05, 0.1) is 18.8 Å². The van der Waals surface area contributed by atoms with Crippen LogP contribution in [0.1, 0.15) is 27.2 Å². The minimum absolute atomic E-state index is 0.0857. The fourth-order valence-corrected chi connectivity index (χ4v) is 1.89. The van der Waals surface area contributed by atoms with E-state index in [2.05, 4.69) is 5.32 Å². The average molecular weight is 229 g/mol. The molecular formula is C11H19NO4. The molecular weight excluding hydrogens is 210 g/mol. The average Bonchev–Trinajstić information content (AvgIpc) is 2.86. The van der Waals surface area contributed by atoms with Gasteiger partial charge >= 0.3 is 6.09 Å². The molecule has 5 nitrogen and oxygen atoms in total. The highest BCUT2D eigenvalue weighted by Gasteiger charge is 2.51. The van der Waals surface area contributed by atoms with E-state index in [1.807, 2.05) is 20.8 Å². The van der Waals surface area contributed by atoms with Crippen LogP contribution >= 0.6 is 0 Å². The van der Waals surface area contributed by atoms with Crippen molar-refractivity contribution in [3.63, 3.8) is 0 Å². The molecule has 2 heterocycles. The smallest absolute Gasteiger partial charge is 0.408 e. The van der Waals surface area contributed by atoms with Crippen molar-refractivity contribution in [2.24, 2.45) is 0 Å². The van der Waals surface area contributed by atoms with Gasteiger partial charge in [-0.05, 0) is 27.2 Å². The van der Waals surface area contributed by atoms with Gasteiger partial charge in [-0.1, -0.05) is 0 Å². The number of alkyl carbamates (subject to hydrolysis) is 1. The van der Waals surface area contributed by atoms with Crippen molar-refractivity contribution in [1.29, 1.82) is 0 Å². The van der Waals surface area contributed by atoms with Gasteiger partial charge in [-0.2, -0.15) is 0 Å². The molecule has 2 fully saturated rings. The first-order valence-electron chi connectivity index (χ1n) is 5.62. The summed E-state index contributed by atoms with van der Waals surface area (Å²) in [5.74, 6) is 0. The zero-order valence-corrected chi connectivity index (χ0v) is 10.0. The highest BCUT2D eigenvalue weighted by Crippen LogP contribution is 2.32. The lowest BCUT2D eigenvalue weighted by Gasteiger charge is -2.29. The largest absolute Gasteiger partial charge is 0.444 e. The monoisotopic (exact) mass is 229 g/mol. The van der Waals surface area contributed by atoms with Crippen LogP contribution in [0.15, 0.2) is 0 Å². The van der Waals surface area contributed by atoms with Gasteiger partial charge < -0.3 is 19.5 Å². The van der Waals surface area contributed by atoms with Crippen LogP contribution in [0, 0.1) is 0 Å². The van der Waals surface area contributed by atoms with Crippen molar-refractivity contribution in [3.05, 3.63) is 0 Å². The summed E-state index contributed by atoms with van der Waals surface area (Å²) < 4.78 is 15.9. The molecule has 0 radical (unpaired) electrons. The van der Waals surface area contributed by atoms with E-state index >= 15 is 0 Å². The van der Waals surface area contributed by atoms with E-state index < -0.39 is 11.7 Å². The first kappa shape index (κ1) is 11.7. The van der Waals surface area contributed by atoms with Crippen molar-refractivity contribution in [2.45, 2.75) is 44.4 Å². The molecule has 0 aromatic rings.